The molecule has 0 bridgehead atoms. The summed E-state index contributed by atoms with van der Waals surface area (Å²) in [7, 11) is 1.67. The number of urea groups is 2. The van der Waals surface area contributed by atoms with E-state index in [4.69, 9.17) is 4.74 Å². The molecule has 9 heteroatoms. The first kappa shape index (κ1) is 25.6. The average molecular weight is 472 g/mol. The van der Waals surface area contributed by atoms with Crippen molar-refractivity contribution in [3.05, 3.63) is 47.2 Å². The molecular weight excluding hydrogens is 434 g/mol. The Morgan fingerprint density at radius 2 is 1.85 bits per heavy atom. The van der Waals surface area contributed by atoms with E-state index in [2.05, 4.69) is 15.5 Å². The number of amides is 4. The van der Waals surface area contributed by atoms with Crippen LogP contribution >= 0.6 is 0 Å². The minimum atomic E-state index is -0.588. The van der Waals surface area contributed by atoms with Crippen molar-refractivity contribution in [1.29, 1.82) is 0 Å². The van der Waals surface area contributed by atoms with Crippen LogP contribution in [0.15, 0.2) is 41.6 Å². The molecule has 1 saturated heterocycles. The van der Waals surface area contributed by atoms with Gasteiger partial charge in [0.25, 0.3) is 0 Å². The van der Waals surface area contributed by atoms with E-state index in [0.717, 1.165) is 5.56 Å². The zero-order valence-electron chi connectivity index (χ0n) is 21.1. The molecule has 2 atom stereocenters. The van der Waals surface area contributed by atoms with Crippen molar-refractivity contribution >= 4 is 18.0 Å². The second-order valence-electron chi connectivity index (χ2n) is 9.89. The monoisotopic (exact) mass is 471 g/mol. The molecule has 186 valence electrons. The molecule has 2 aliphatic heterocycles. The molecule has 0 radical (unpaired) electrons. The maximum Gasteiger partial charge on any atom is 0.338 e. The molecule has 0 saturated carbocycles. The Balaban J connectivity index is 1.87. The van der Waals surface area contributed by atoms with Gasteiger partial charge < -0.3 is 20.3 Å². The number of esters is 1. The van der Waals surface area contributed by atoms with Gasteiger partial charge in [0.05, 0.1) is 18.2 Å². The number of ether oxygens (including phenoxy) is 1. The lowest BCUT2D eigenvalue weighted by atomic mass is 9.94. The van der Waals surface area contributed by atoms with Gasteiger partial charge in [0.15, 0.2) is 0 Å². The van der Waals surface area contributed by atoms with E-state index in [1.165, 1.54) is 4.90 Å². The van der Waals surface area contributed by atoms with Crippen LogP contribution in [0, 0.1) is 0 Å². The summed E-state index contributed by atoms with van der Waals surface area (Å²) in [5.41, 5.74) is 1.57. The van der Waals surface area contributed by atoms with E-state index < -0.39 is 12.0 Å². The van der Waals surface area contributed by atoms with E-state index in [1.54, 1.807) is 14.0 Å². The Labute approximate surface area is 202 Å². The Morgan fingerprint density at radius 3 is 2.44 bits per heavy atom. The summed E-state index contributed by atoms with van der Waals surface area (Å²) in [5.74, 6) is -0.436. The third-order valence-corrected chi connectivity index (χ3v) is 6.03. The largest absolute Gasteiger partial charge is 0.463 e. The van der Waals surface area contributed by atoms with Crippen LogP contribution in [-0.4, -0.2) is 84.1 Å². The fourth-order valence-electron chi connectivity index (χ4n) is 4.38. The normalized spacial score (nSPS) is 21.9. The molecule has 4 amide bonds. The van der Waals surface area contributed by atoms with Crippen molar-refractivity contribution in [2.75, 3.05) is 39.8 Å². The highest BCUT2D eigenvalue weighted by atomic mass is 16.5. The number of hydrogen-bond acceptors (Lipinski definition) is 5. The molecule has 34 heavy (non-hydrogen) atoms. The lowest BCUT2D eigenvalue weighted by Crippen LogP contribution is -2.59. The van der Waals surface area contributed by atoms with E-state index in [1.807, 2.05) is 62.9 Å². The maximum absolute atomic E-state index is 13.1. The molecule has 1 aromatic carbocycles. The first-order valence-corrected chi connectivity index (χ1v) is 11.8. The van der Waals surface area contributed by atoms with Crippen LogP contribution in [-0.2, 0) is 9.53 Å². The van der Waals surface area contributed by atoms with Crippen molar-refractivity contribution in [2.45, 2.75) is 52.2 Å². The van der Waals surface area contributed by atoms with Gasteiger partial charge in [-0.2, -0.15) is 0 Å². The molecule has 2 N–H and O–H groups in total. The average Bonchev–Trinajstić information content (AvgIpc) is 2.76. The van der Waals surface area contributed by atoms with Gasteiger partial charge in [-0.3, -0.25) is 9.80 Å². The fourth-order valence-corrected chi connectivity index (χ4v) is 4.38. The Morgan fingerprint density at radius 1 is 1.18 bits per heavy atom. The highest BCUT2D eigenvalue weighted by Crippen LogP contribution is 2.31. The maximum atomic E-state index is 13.1. The first-order chi connectivity index (χ1) is 16.0. The molecule has 3 rings (SSSR count). The van der Waals surface area contributed by atoms with Gasteiger partial charge in [-0.1, -0.05) is 30.3 Å². The van der Waals surface area contributed by atoms with Crippen LogP contribution in [0.5, 0.6) is 0 Å². The minimum Gasteiger partial charge on any atom is -0.463 e. The van der Waals surface area contributed by atoms with Crippen LogP contribution in [0.1, 0.15) is 46.2 Å². The smallest absolute Gasteiger partial charge is 0.338 e. The van der Waals surface area contributed by atoms with E-state index in [-0.39, 0.29) is 30.2 Å². The lowest BCUT2D eigenvalue weighted by Gasteiger charge is -2.43. The van der Waals surface area contributed by atoms with Crippen molar-refractivity contribution in [3.63, 3.8) is 0 Å². The number of rotatable bonds is 5. The Kier molecular flexibility index (Phi) is 7.86. The molecule has 2 heterocycles. The number of carbonyl (C=O) groups is 3. The third kappa shape index (κ3) is 5.88. The quantitative estimate of drug-likeness (QED) is 0.644. The van der Waals surface area contributed by atoms with Crippen molar-refractivity contribution in [2.24, 2.45) is 0 Å². The van der Waals surface area contributed by atoms with Gasteiger partial charge in [0, 0.05) is 50.5 Å². The third-order valence-electron chi connectivity index (χ3n) is 6.03. The van der Waals surface area contributed by atoms with Gasteiger partial charge in [-0.05, 0) is 40.2 Å². The number of carbonyl (C=O) groups excluding carboxylic acids is 3. The molecule has 2 aliphatic rings. The molecular formula is C25H37N5O4. The second-order valence-corrected chi connectivity index (χ2v) is 9.89. The summed E-state index contributed by atoms with van der Waals surface area (Å²) in [4.78, 5) is 44.1. The van der Waals surface area contributed by atoms with Crippen molar-refractivity contribution in [3.8, 4) is 0 Å². The summed E-state index contributed by atoms with van der Waals surface area (Å²) >= 11 is 0. The standard InChI is InChI=1S/C25H37N5O4/c1-7-34-22(31)20-19(28(6)23(32)26-21(20)18-11-9-8-10-12-18)16-29-13-14-30(17(2)15-29)24(33)27-25(3,4)5/h8-12,17,21H,7,13-16H2,1-6H3,(H,26,32)(H,27,33)/t17-,21+/m0/s1. The predicted molar refractivity (Wildman–Crippen MR) is 130 cm³/mol. The molecule has 1 fully saturated rings. The van der Waals surface area contributed by atoms with Crippen LogP contribution in [0.4, 0.5) is 9.59 Å². The summed E-state index contributed by atoms with van der Waals surface area (Å²) in [6.45, 7) is 12.1. The Bertz CT molecular complexity index is 940. The summed E-state index contributed by atoms with van der Waals surface area (Å²) in [6, 6.07) is 8.48. The van der Waals surface area contributed by atoms with Crippen LogP contribution in [0.25, 0.3) is 0 Å². The molecule has 0 aromatic heterocycles. The second kappa shape index (κ2) is 10.5. The lowest BCUT2D eigenvalue weighted by molar-refractivity contribution is -0.139. The predicted octanol–water partition coefficient (Wildman–Crippen LogP) is 2.71. The highest BCUT2D eigenvalue weighted by Gasteiger charge is 2.38. The van der Waals surface area contributed by atoms with Gasteiger partial charge in [-0.25, -0.2) is 14.4 Å². The van der Waals surface area contributed by atoms with E-state index >= 15 is 0 Å². The number of hydrogen-bond donors (Lipinski definition) is 2. The fraction of sp³-hybridized carbons (Fsp3) is 0.560. The van der Waals surface area contributed by atoms with E-state index in [0.29, 0.717) is 37.4 Å². The Hall–Kier alpha value is -3.07. The van der Waals surface area contributed by atoms with Gasteiger partial charge in [0.1, 0.15) is 0 Å². The topological polar surface area (TPSA) is 94.2 Å². The van der Waals surface area contributed by atoms with Crippen LogP contribution in [0.3, 0.4) is 0 Å². The van der Waals surface area contributed by atoms with Crippen molar-refractivity contribution in [1.82, 2.24) is 25.3 Å². The zero-order valence-corrected chi connectivity index (χ0v) is 21.1. The molecule has 9 nitrogen and oxygen atoms in total. The van der Waals surface area contributed by atoms with Crippen LogP contribution < -0.4 is 10.6 Å². The molecule has 0 aliphatic carbocycles. The minimum absolute atomic E-state index is 0.0182. The van der Waals surface area contributed by atoms with Gasteiger partial charge in [0.2, 0.25) is 0 Å². The highest BCUT2D eigenvalue weighted by molar-refractivity contribution is 5.95. The van der Waals surface area contributed by atoms with Gasteiger partial charge >= 0.3 is 18.0 Å². The SMILES string of the molecule is CCOC(=O)C1=C(CN2CCN(C(=O)NC(C)(C)C)[C@@H](C)C2)N(C)C(=O)N[C@@H]1c1ccccc1. The first-order valence-electron chi connectivity index (χ1n) is 11.8. The van der Waals surface area contributed by atoms with Crippen molar-refractivity contribution < 1.29 is 19.1 Å². The molecule has 0 unspecified atom stereocenters. The number of likely N-dealkylation sites (N-methyl/N-ethyl adjacent to an activating group) is 1. The number of nitrogens with one attached hydrogen (secondary N) is 2. The molecule has 1 aromatic rings. The number of benzene rings is 1. The summed E-state index contributed by atoms with van der Waals surface area (Å²) in [5, 5.41) is 5.97. The molecule has 0 spiro atoms. The van der Waals surface area contributed by atoms with Gasteiger partial charge in [-0.15, -0.1) is 0 Å². The summed E-state index contributed by atoms with van der Waals surface area (Å²) in [6.07, 6.45) is 0. The number of piperazine rings is 1. The zero-order chi connectivity index (χ0) is 25.0. The number of nitrogens with zero attached hydrogens (tertiary/aromatic N) is 3. The summed E-state index contributed by atoms with van der Waals surface area (Å²) < 4.78 is 5.40. The van der Waals surface area contributed by atoms with Crippen LogP contribution in [0.2, 0.25) is 0 Å². The van der Waals surface area contributed by atoms with E-state index in [9.17, 15) is 14.4 Å².